The summed E-state index contributed by atoms with van der Waals surface area (Å²) in [7, 11) is 7.11. The van der Waals surface area contributed by atoms with Crippen molar-refractivity contribution in [1.82, 2.24) is 0 Å². The third-order valence-corrected chi connectivity index (χ3v) is 6.85. The molecule has 2 heteroatoms. The fourth-order valence-electron chi connectivity index (χ4n) is 5.01. The first-order valence-corrected chi connectivity index (χ1v) is 10.00. The van der Waals surface area contributed by atoms with Crippen molar-refractivity contribution in [2.45, 2.75) is 92.9 Å². The van der Waals surface area contributed by atoms with Gasteiger partial charge in [0, 0.05) is 0 Å². The normalized spacial score (nSPS) is 33.0. The van der Waals surface area contributed by atoms with Crippen molar-refractivity contribution < 1.29 is 9.78 Å². The Labute approximate surface area is 151 Å². The number of hydrogen-bond acceptors (Lipinski definition) is 2. The van der Waals surface area contributed by atoms with Crippen LogP contribution in [0.4, 0.5) is 0 Å². The Hall–Kier alpha value is -0.0800. The minimum atomic E-state index is 0.405. The first kappa shape index (κ1) is 20.2. The molecule has 2 aliphatic rings. The molecule has 0 saturated heterocycles. The molecule has 2 nitrogen and oxygen atoms in total. The van der Waals surface area contributed by atoms with Gasteiger partial charge in [0.15, 0.2) is 0 Å². The van der Waals surface area contributed by atoms with E-state index >= 15 is 0 Å². The van der Waals surface area contributed by atoms with Crippen molar-refractivity contribution in [3.63, 3.8) is 0 Å². The molecule has 0 aromatic heterocycles. The van der Waals surface area contributed by atoms with Gasteiger partial charge < -0.3 is 0 Å². The average molecular weight is 335 g/mol. The maximum atomic E-state index is 7.11. The van der Waals surface area contributed by atoms with Crippen LogP contribution in [0.1, 0.15) is 92.9 Å². The van der Waals surface area contributed by atoms with Gasteiger partial charge in [-0.25, -0.2) is 9.78 Å². The van der Waals surface area contributed by atoms with Crippen molar-refractivity contribution in [2.75, 3.05) is 0 Å². The van der Waals surface area contributed by atoms with Gasteiger partial charge >= 0.3 is 0 Å². The molecule has 0 aromatic rings. The van der Waals surface area contributed by atoms with E-state index in [9.17, 15) is 0 Å². The van der Waals surface area contributed by atoms with Crippen molar-refractivity contribution >= 4 is 0 Å². The average Bonchev–Trinajstić information content (AvgIpc) is 2.51. The molecule has 0 heterocycles. The van der Waals surface area contributed by atoms with Crippen molar-refractivity contribution in [3.8, 4) is 0 Å². The molecule has 138 valence electrons. The molecule has 2 rings (SSSR count). The second-order valence-corrected chi connectivity index (χ2v) is 10.4. The Bertz CT molecular complexity index is 326. The van der Waals surface area contributed by atoms with Gasteiger partial charge in [-0.3, -0.25) is 0 Å². The highest BCUT2D eigenvalue weighted by Gasteiger charge is 2.40. The van der Waals surface area contributed by atoms with E-state index in [1.54, 1.807) is 0 Å². The first-order chi connectivity index (χ1) is 11.1. The van der Waals surface area contributed by atoms with Crippen LogP contribution < -0.4 is 0 Å². The summed E-state index contributed by atoms with van der Waals surface area (Å²) in [6.07, 6.45) is 11.0. The highest BCUT2D eigenvalue weighted by molar-refractivity contribution is 4.98. The van der Waals surface area contributed by atoms with Gasteiger partial charge in [-0.2, -0.15) is 0 Å². The minimum Gasteiger partial charge on any atom is -0.225 e. The molecule has 4 radical (unpaired) electrons. The standard InChI is InChI=1S/C22H38O2/c1-21(2,3)18-12-8-16(9-13-18)20(24-23-7)17-10-14-19(15-11-17)22(4,5)6/h16-19H,8-15H2,1-6H3. The van der Waals surface area contributed by atoms with Gasteiger partial charge in [-0.05, 0) is 85.9 Å². The van der Waals surface area contributed by atoms with Crippen LogP contribution in [0, 0.1) is 47.7 Å². The second kappa shape index (κ2) is 8.08. The molecule has 0 atom stereocenters. The molecule has 0 aromatic carbocycles. The molecular weight excluding hydrogens is 296 g/mol. The molecule has 2 saturated carbocycles. The Balaban J connectivity index is 1.91. The molecule has 24 heavy (non-hydrogen) atoms. The van der Waals surface area contributed by atoms with Gasteiger partial charge in [0.2, 0.25) is 7.11 Å². The maximum absolute atomic E-state index is 7.11. The summed E-state index contributed by atoms with van der Waals surface area (Å²) in [4.78, 5) is 9.86. The third kappa shape index (κ3) is 5.21. The van der Waals surface area contributed by atoms with Crippen LogP contribution in [0.15, 0.2) is 0 Å². The van der Waals surface area contributed by atoms with Gasteiger partial charge in [0.25, 0.3) is 0 Å². The van der Waals surface area contributed by atoms with Gasteiger partial charge in [-0.15, -0.1) is 0 Å². The molecule has 0 bridgehead atoms. The summed E-state index contributed by atoms with van der Waals surface area (Å²) in [6, 6.07) is 0. The summed E-state index contributed by atoms with van der Waals surface area (Å²) in [5, 5.41) is 0. The Morgan fingerprint density at radius 1 is 0.667 bits per heavy atom. The van der Waals surface area contributed by atoms with E-state index in [0.29, 0.717) is 22.7 Å². The lowest BCUT2D eigenvalue weighted by Gasteiger charge is -2.43. The zero-order chi connectivity index (χ0) is 18.0. The molecule has 0 amide bonds. The van der Waals surface area contributed by atoms with E-state index in [0.717, 1.165) is 17.9 Å². The van der Waals surface area contributed by atoms with Crippen LogP contribution in [-0.2, 0) is 9.78 Å². The quantitative estimate of drug-likeness (QED) is 0.420. The lowest BCUT2D eigenvalue weighted by molar-refractivity contribution is -0.267. The van der Waals surface area contributed by atoms with Crippen LogP contribution in [0.2, 0.25) is 0 Å². The van der Waals surface area contributed by atoms with E-state index in [1.807, 2.05) is 0 Å². The van der Waals surface area contributed by atoms with Crippen molar-refractivity contribution in [2.24, 2.45) is 34.5 Å². The molecule has 2 aliphatic carbocycles. The summed E-state index contributed by atoms with van der Waals surface area (Å²) < 4.78 is 0. The zero-order valence-electron chi connectivity index (χ0n) is 16.8. The molecule has 0 spiro atoms. The topological polar surface area (TPSA) is 18.5 Å². The summed E-state index contributed by atoms with van der Waals surface area (Å²) in [6.45, 7) is 14.2. The first-order valence-electron chi connectivity index (χ1n) is 10.00. The second-order valence-electron chi connectivity index (χ2n) is 10.4. The van der Waals surface area contributed by atoms with E-state index in [1.165, 1.54) is 51.4 Å². The van der Waals surface area contributed by atoms with Crippen molar-refractivity contribution in [3.05, 3.63) is 13.2 Å². The molecule has 0 N–H and O–H groups in total. The highest BCUT2D eigenvalue weighted by Crippen LogP contribution is 2.49. The lowest BCUT2D eigenvalue weighted by atomic mass is 9.64. The fourth-order valence-corrected chi connectivity index (χ4v) is 5.01. The Morgan fingerprint density at radius 3 is 1.25 bits per heavy atom. The minimum absolute atomic E-state index is 0.405. The zero-order valence-corrected chi connectivity index (χ0v) is 16.8. The number of hydrogen-bond donors (Lipinski definition) is 0. The largest absolute Gasteiger partial charge is 0.225 e. The van der Waals surface area contributed by atoms with Crippen molar-refractivity contribution in [1.29, 1.82) is 0 Å². The molecule has 0 aliphatic heterocycles. The van der Waals surface area contributed by atoms with Gasteiger partial charge in [0.05, 0.1) is 0 Å². The van der Waals surface area contributed by atoms with Gasteiger partial charge in [-0.1, -0.05) is 41.5 Å². The van der Waals surface area contributed by atoms with E-state index in [2.05, 4.69) is 46.4 Å². The van der Waals surface area contributed by atoms with Crippen LogP contribution in [0.3, 0.4) is 0 Å². The highest BCUT2D eigenvalue weighted by atomic mass is 17.2. The third-order valence-electron chi connectivity index (χ3n) is 6.85. The predicted octanol–water partition coefficient (Wildman–Crippen LogP) is 6.72. The monoisotopic (exact) mass is 334 g/mol. The van der Waals surface area contributed by atoms with E-state index < -0.39 is 0 Å². The van der Waals surface area contributed by atoms with Crippen LogP contribution in [0.5, 0.6) is 0 Å². The van der Waals surface area contributed by atoms with Gasteiger partial charge in [0.1, 0.15) is 6.10 Å². The van der Waals surface area contributed by atoms with Crippen LogP contribution in [0.25, 0.3) is 0 Å². The number of rotatable bonds is 4. The summed E-state index contributed by atoms with van der Waals surface area (Å²) in [5.41, 5.74) is 0.811. The van der Waals surface area contributed by atoms with Crippen LogP contribution in [-0.4, -0.2) is 0 Å². The Morgan fingerprint density at radius 2 is 1.00 bits per heavy atom. The smallest absolute Gasteiger partial charge is 0.219 e. The van der Waals surface area contributed by atoms with E-state index in [4.69, 9.17) is 12.0 Å². The summed E-state index contributed by atoms with van der Waals surface area (Å²) in [5.74, 6) is 2.60. The van der Waals surface area contributed by atoms with E-state index in [-0.39, 0.29) is 0 Å². The van der Waals surface area contributed by atoms with Crippen LogP contribution >= 0.6 is 0 Å². The lowest BCUT2D eigenvalue weighted by Crippen LogP contribution is -2.34. The molecule has 2 fully saturated rings. The summed E-state index contributed by atoms with van der Waals surface area (Å²) >= 11 is 0. The molecule has 0 unspecified atom stereocenters. The Kier molecular flexibility index (Phi) is 6.81. The predicted molar refractivity (Wildman–Crippen MR) is 98.5 cm³/mol. The fraction of sp³-hybridized carbons (Fsp3) is 0.909. The maximum Gasteiger partial charge on any atom is 0.219 e. The molecular formula is C22H38O2. The SMILES string of the molecule is [C]OO[C](C1CCC(C(C)(C)C)CC1)C1CCC(C(C)(C)C)CC1.